The summed E-state index contributed by atoms with van der Waals surface area (Å²) < 4.78 is 2.21. The van der Waals surface area contributed by atoms with Crippen molar-refractivity contribution >= 4 is 34.2 Å². The molecule has 4 rings (SSSR count). The van der Waals surface area contributed by atoms with Gasteiger partial charge >= 0.3 is 6.03 Å². The van der Waals surface area contributed by atoms with Crippen LogP contribution >= 0.6 is 0 Å². The van der Waals surface area contributed by atoms with Crippen LogP contribution in [0.25, 0.3) is 10.9 Å². The fourth-order valence-electron chi connectivity index (χ4n) is 3.45. The Morgan fingerprint density at radius 3 is 2.85 bits per heavy atom. The van der Waals surface area contributed by atoms with E-state index in [4.69, 9.17) is 0 Å². The minimum Gasteiger partial charge on any atom is -0.347 e. The third kappa shape index (κ3) is 3.38. The first-order valence-electron chi connectivity index (χ1n) is 9.21. The van der Waals surface area contributed by atoms with Gasteiger partial charge in [0.25, 0.3) is 5.91 Å². The summed E-state index contributed by atoms with van der Waals surface area (Å²) in [4.78, 5) is 26.1. The van der Waals surface area contributed by atoms with Crippen LogP contribution in [0.5, 0.6) is 0 Å². The molecule has 1 aliphatic rings. The SMILES string of the molecule is CCCn1ccc2cc(NC(=O)c3cccc(N4CCNC4=O)c3)ccc21. The van der Waals surface area contributed by atoms with E-state index in [9.17, 15) is 9.59 Å². The molecule has 1 saturated heterocycles. The predicted octanol–water partition coefficient (Wildman–Crippen LogP) is 3.83. The molecule has 1 aromatic heterocycles. The largest absolute Gasteiger partial charge is 0.347 e. The highest BCUT2D eigenvalue weighted by atomic mass is 16.2. The molecule has 0 aliphatic carbocycles. The zero-order valence-electron chi connectivity index (χ0n) is 15.2. The van der Waals surface area contributed by atoms with E-state index >= 15 is 0 Å². The smallest absolute Gasteiger partial charge is 0.321 e. The number of hydrogen-bond acceptors (Lipinski definition) is 2. The summed E-state index contributed by atoms with van der Waals surface area (Å²) in [6.45, 7) is 4.36. The third-order valence-electron chi connectivity index (χ3n) is 4.77. The lowest BCUT2D eigenvalue weighted by Crippen LogP contribution is -2.27. The number of anilines is 2. The van der Waals surface area contributed by atoms with Crippen LogP contribution in [0.2, 0.25) is 0 Å². The van der Waals surface area contributed by atoms with Crippen LogP contribution in [-0.2, 0) is 6.54 Å². The van der Waals surface area contributed by atoms with Gasteiger partial charge in [-0.3, -0.25) is 9.69 Å². The Labute approximate surface area is 157 Å². The van der Waals surface area contributed by atoms with Crippen molar-refractivity contribution in [3.8, 4) is 0 Å². The number of benzene rings is 2. The van der Waals surface area contributed by atoms with Gasteiger partial charge in [-0.05, 0) is 48.9 Å². The van der Waals surface area contributed by atoms with Crippen molar-refractivity contribution in [2.24, 2.45) is 0 Å². The van der Waals surface area contributed by atoms with E-state index in [1.165, 1.54) is 0 Å². The molecule has 0 unspecified atom stereocenters. The molecule has 1 aliphatic heterocycles. The third-order valence-corrected chi connectivity index (χ3v) is 4.77. The first-order chi connectivity index (χ1) is 13.2. The minimum atomic E-state index is -0.191. The van der Waals surface area contributed by atoms with Crippen molar-refractivity contribution in [1.82, 2.24) is 9.88 Å². The Hall–Kier alpha value is -3.28. The number of hydrogen-bond donors (Lipinski definition) is 2. The van der Waals surface area contributed by atoms with E-state index in [0.717, 1.165) is 35.2 Å². The highest BCUT2D eigenvalue weighted by molar-refractivity contribution is 6.06. The maximum Gasteiger partial charge on any atom is 0.321 e. The summed E-state index contributed by atoms with van der Waals surface area (Å²) in [7, 11) is 0. The van der Waals surface area contributed by atoms with Crippen molar-refractivity contribution in [3.63, 3.8) is 0 Å². The lowest BCUT2D eigenvalue weighted by molar-refractivity contribution is 0.102. The van der Waals surface area contributed by atoms with E-state index in [2.05, 4.69) is 34.4 Å². The zero-order chi connectivity index (χ0) is 18.8. The van der Waals surface area contributed by atoms with Gasteiger partial charge in [-0.25, -0.2) is 4.79 Å². The lowest BCUT2D eigenvalue weighted by Gasteiger charge is -2.15. The molecule has 6 heteroatoms. The molecule has 0 atom stereocenters. The number of amides is 3. The number of urea groups is 1. The summed E-state index contributed by atoms with van der Waals surface area (Å²) in [5.74, 6) is -0.191. The van der Waals surface area contributed by atoms with Crippen molar-refractivity contribution in [2.45, 2.75) is 19.9 Å². The average Bonchev–Trinajstić information content (AvgIpc) is 3.28. The second kappa shape index (κ2) is 7.15. The number of aryl methyl sites for hydroxylation is 1. The van der Waals surface area contributed by atoms with Crippen LogP contribution in [0.3, 0.4) is 0 Å². The normalized spacial score (nSPS) is 13.8. The molecule has 3 amide bonds. The molecule has 0 spiro atoms. The van der Waals surface area contributed by atoms with Gasteiger partial charge in [0.2, 0.25) is 0 Å². The molecular formula is C21H22N4O2. The molecule has 27 heavy (non-hydrogen) atoms. The fraction of sp³-hybridized carbons (Fsp3) is 0.238. The Morgan fingerprint density at radius 1 is 1.19 bits per heavy atom. The van der Waals surface area contributed by atoms with Gasteiger partial charge in [-0.2, -0.15) is 0 Å². The first-order valence-corrected chi connectivity index (χ1v) is 9.21. The second-order valence-corrected chi connectivity index (χ2v) is 6.67. The van der Waals surface area contributed by atoms with E-state index in [1.807, 2.05) is 24.3 Å². The standard InChI is InChI=1S/C21H22N4O2/c1-2-10-24-11-8-15-13-17(6-7-19(15)24)23-20(26)16-4-3-5-18(14-16)25-12-9-22-21(25)27/h3-8,11,13-14H,2,9-10,12H2,1H3,(H,22,27)(H,23,26). The van der Waals surface area contributed by atoms with Crippen molar-refractivity contribution < 1.29 is 9.59 Å². The number of aromatic nitrogens is 1. The molecule has 2 heterocycles. The van der Waals surface area contributed by atoms with E-state index in [0.29, 0.717) is 18.7 Å². The summed E-state index contributed by atoms with van der Waals surface area (Å²) >= 11 is 0. The monoisotopic (exact) mass is 362 g/mol. The van der Waals surface area contributed by atoms with Gasteiger partial charge in [0.15, 0.2) is 0 Å². The second-order valence-electron chi connectivity index (χ2n) is 6.67. The Kier molecular flexibility index (Phi) is 4.54. The summed E-state index contributed by atoms with van der Waals surface area (Å²) in [6.07, 6.45) is 3.15. The van der Waals surface area contributed by atoms with Gasteiger partial charge < -0.3 is 15.2 Å². The van der Waals surface area contributed by atoms with Gasteiger partial charge in [0.1, 0.15) is 0 Å². The molecule has 0 bridgehead atoms. The molecule has 0 saturated carbocycles. The fourth-order valence-corrected chi connectivity index (χ4v) is 3.45. The van der Waals surface area contributed by atoms with Gasteiger partial charge in [-0.1, -0.05) is 13.0 Å². The number of fused-ring (bicyclic) bond motifs is 1. The van der Waals surface area contributed by atoms with Gasteiger partial charge in [0, 0.05) is 53.7 Å². The maximum absolute atomic E-state index is 12.7. The van der Waals surface area contributed by atoms with Crippen LogP contribution in [-0.4, -0.2) is 29.6 Å². The van der Waals surface area contributed by atoms with E-state index in [1.54, 1.807) is 23.1 Å². The summed E-state index contributed by atoms with van der Waals surface area (Å²) in [6, 6.07) is 15.0. The van der Waals surface area contributed by atoms with Crippen LogP contribution in [0.15, 0.2) is 54.7 Å². The molecule has 1 fully saturated rings. The summed E-state index contributed by atoms with van der Waals surface area (Å²) in [5.41, 5.74) is 3.17. The predicted molar refractivity (Wildman–Crippen MR) is 107 cm³/mol. The molecule has 0 radical (unpaired) electrons. The van der Waals surface area contributed by atoms with Crippen LogP contribution < -0.4 is 15.5 Å². The molecular weight excluding hydrogens is 340 g/mol. The molecule has 2 N–H and O–H groups in total. The maximum atomic E-state index is 12.7. The van der Waals surface area contributed by atoms with Gasteiger partial charge in [0.05, 0.1) is 0 Å². The highest BCUT2D eigenvalue weighted by Crippen LogP contribution is 2.23. The zero-order valence-corrected chi connectivity index (χ0v) is 15.2. The Morgan fingerprint density at radius 2 is 2.07 bits per heavy atom. The minimum absolute atomic E-state index is 0.130. The average molecular weight is 362 g/mol. The van der Waals surface area contributed by atoms with Crippen molar-refractivity contribution in [2.75, 3.05) is 23.3 Å². The Bertz CT molecular complexity index is 1010. The first kappa shape index (κ1) is 17.1. The van der Waals surface area contributed by atoms with Crippen molar-refractivity contribution in [3.05, 3.63) is 60.3 Å². The summed E-state index contributed by atoms with van der Waals surface area (Å²) in [5, 5.41) is 6.82. The van der Waals surface area contributed by atoms with Crippen LogP contribution in [0.4, 0.5) is 16.2 Å². The number of nitrogens with one attached hydrogen (secondary N) is 2. The lowest BCUT2D eigenvalue weighted by atomic mass is 10.1. The highest BCUT2D eigenvalue weighted by Gasteiger charge is 2.21. The number of carbonyl (C=O) groups excluding carboxylic acids is 2. The molecule has 138 valence electrons. The molecule has 6 nitrogen and oxygen atoms in total. The number of nitrogens with zero attached hydrogens (tertiary/aromatic N) is 2. The molecule has 2 aromatic carbocycles. The van der Waals surface area contributed by atoms with Crippen LogP contribution in [0, 0.1) is 0 Å². The topological polar surface area (TPSA) is 66.4 Å². The Balaban J connectivity index is 1.53. The number of carbonyl (C=O) groups is 2. The van der Waals surface area contributed by atoms with Crippen molar-refractivity contribution in [1.29, 1.82) is 0 Å². The van der Waals surface area contributed by atoms with Crippen LogP contribution in [0.1, 0.15) is 23.7 Å². The van der Waals surface area contributed by atoms with Gasteiger partial charge in [-0.15, -0.1) is 0 Å². The quantitative estimate of drug-likeness (QED) is 0.724. The number of rotatable bonds is 5. The van der Waals surface area contributed by atoms with E-state index < -0.39 is 0 Å². The van der Waals surface area contributed by atoms with E-state index in [-0.39, 0.29) is 11.9 Å². The molecule has 3 aromatic rings.